The van der Waals surface area contributed by atoms with Gasteiger partial charge in [0.05, 0.1) is 6.10 Å². The van der Waals surface area contributed by atoms with E-state index in [1.165, 1.54) is 11.1 Å². The Morgan fingerprint density at radius 2 is 1.76 bits per heavy atom. The fourth-order valence-corrected chi connectivity index (χ4v) is 2.36. The Hall–Kier alpha value is -1.68. The highest BCUT2D eigenvalue weighted by Gasteiger charge is 2.14. The van der Waals surface area contributed by atoms with Crippen molar-refractivity contribution in [3.05, 3.63) is 71.3 Å². The van der Waals surface area contributed by atoms with E-state index in [2.05, 4.69) is 30.4 Å². The predicted molar refractivity (Wildman–Crippen MR) is 87.0 cm³/mol. The minimum atomic E-state index is -0.546. The standard InChI is InChI=1S/C18H24N2O/c1-14-6-5-9-16(10-14)12-20-13-18(21)17(19)11-15-7-3-2-4-8-15/h2-10,17-18,20-21H,11-13,19H2,1H3/t17-,18+/m0/s1. The third-order valence-electron chi connectivity index (χ3n) is 3.57. The van der Waals surface area contributed by atoms with Crippen LogP contribution in [0, 0.1) is 6.92 Å². The average Bonchev–Trinajstić information content (AvgIpc) is 2.48. The Morgan fingerprint density at radius 1 is 1.05 bits per heavy atom. The molecule has 3 nitrogen and oxygen atoms in total. The van der Waals surface area contributed by atoms with Gasteiger partial charge in [-0.2, -0.15) is 0 Å². The van der Waals surface area contributed by atoms with Crippen LogP contribution in [0.1, 0.15) is 16.7 Å². The van der Waals surface area contributed by atoms with Crippen LogP contribution in [-0.2, 0) is 13.0 Å². The van der Waals surface area contributed by atoms with Crippen molar-refractivity contribution in [3.63, 3.8) is 0 Å². The van der Waals surface area contributed by atoms with Crippen LogP contribution >= 0.6 is 0 Å². The Kier molecular flexibility index (Phi) is 5.93. The molecule has 2 atom stereocenters. The molecule has 0 fully saturated rings. The van der Waals surface area contributed by atoms with Gasteiger partial charge in [0.2, 0.25) is 0 Å². The summed E-state index contributed by atoms with van der Waals surface area (Å²) in [6.45, 7) is 3.33. The summed E-state index contributed by atoms with van der Waals surface area (Å²) in [6.07, 6.45) is 0.142. The van der Waals surface area contributed by atoms with E-state index in [4.69, 9.17) is 5.73 Å². The van der Waals surface area contributed by atoms with Crippen LogP contribution < -0.4 is 11.1 Å². The van der Waals surface area contributed by atoms with Crippen molar-refractivity contribution < 1.29 is 5.11 Å². The van der Waals surface area contributed by atoms with Crippen LogP contribution in [0.15, 0.2) is 54.6 Å². The lowest BCUT2D eigenvalue weighted by atomic mass is 10.0. The monoisotopic (exact) mass is 284 g/mol. The summed E-state index contributed by atoms with van der Waals surface area (Å²) in [5.41, 5.74) is 9.69. The predicted octanol–water partition coefficient (Wildman–Crippen LogP) is 2.02. The number of hydrogen-bond donors (Lipinski definition) is 3. The number of hydrogen-bond acceptors (Lipinski definition) is 3. The van der Waals surface area contributed by atoms with E-state index >= 15 is 0 Å². The maximum atomic E-state index is 10.1. The van der Waals surface area contributed by atoms with E-state index in [0.29, 0.717) is 13.0 Å². The Labute approximate surface area is 126 Å². The van der Waals surface area contributed by atoms with Crippen LogP contribution in [0.5, 0.6) is 0 Å². The molecule has 2 rings (SSSR count). The van der Waals surface area contributed by atoms with Gasteiger partial charge in [0, 0.05) is 19.1 Å². The molecule has 0 radical (unpaired) electrons. The van der Waals surface area contributed by atoms with Gasteiger partial charge in [-0.3, -0.25) is 0 Å². The first-order chi connectivity index (χ1) is 10.1. The normalized spacial score (nSPS) is 13.9. The van der Waals surface area contributed by atoms with Gasteiger partial charge in [0.25, 0.3) is 0 Å². The molecule has 0 aromatic heterocycles. The van der Waals surface area contributed by atoms with Crippen molar-refractivity contribution in [3.8, 4) is 0 Å². The summed E-state index contributed by atoms with van der Waals surface area (Å²) in [7, 11) is 0. The van der Waals surface area contributed by atoms with Gasteiger partial charge >= 0.3 is 0 Å². The molecule has 0 saturated carbocycles. The van der Waals surface area contributed by atoms with Gasteiger partial charge < -0.3 is 16.2 Å². The van der Waals surface area contributed by atoms with E-state index in [1.807, 2.05) is 36.4 Å². The molecule has 0 saturated heterocycles. The number of benzene rings is 2. The van der Waals surface area contributed by atoms with Crippen molar-refractivity contribution in [2.45, 2.75) is 32.0 Å². The molecule has 0 amide bonds. The molecule has 0 bridgehead atoms. The highest BCUT2D eigenvalue weighted by Crippen LogP contribution is 2.05. The number of rotatable bonds is 7. The van der Waals surface area contributed by atoms with Gasteiger partial charge in [-0.25, -0.2) is 0 Å². The molecule has 2 aromatic carbocycles. The lowest BCUT2D eigenvalue weighted by Crippen LogP contribution is -2.42. The zero-order valence-electron chi connectivity index (χ0n) is 12.5. The second-order valence-corrected chi connectivity index (χ2v) is 5.54. The number of nitrogens with one attached hydrogen (secondary N) is 1. The van der Waals surface area contributed by atoms with E-state index in [-0.39, 0.29) is 6.04 Å². The summed E-state index contributed by atoms with van der Waals surface area (Å²) < 4.78 is 0. The zero-order chi connectivity index (χ0) is 15.1. The van der Waals surface area contributed by atoms with Crippen molar-refractivity contribution >= 4 is 0 Å². The lowest BCUT2D eigenvalue weighted by molar-refractivity contribution is 0.141. The Bertz CT molecular complexity index is 542. The minimum Gasteiger partial charge on any atom is -0.390 e. The fraction of sp³-hybridized carbons (Fsp3) is 0.333. The van der Waals surface area contributed by atoms with E-state index < -0.39 is 6.10 Å². The van der Waals surface area contributed by atoms with E-state index in [0.717, 1.165) is 12.1 Å². The smallest absolute Gasteiger partial charge is 0.0818 e. The molecule has 0 aliphatic rings. The summed E-state index contributed by atoms with van der Waals surface area (Å²) in [4.78, 5) is 0. The minimum absolute atomic E-state index is 0.252. The molecule has 21 heavy (non-hydrogen) atoms. The van der Waals surface area contributed by atoms with Crippen LogP contribution in [0.4, 0.5) is 0 Å². The van der Waals surface area contributed by atoms with E-state index in [1.54, 1.807) is 0 Å². The third-order valence-corrected chi connectivity index (χ3v) is 3.57. The summed E-state index contributed by atoms with van der Waals surface area (Å²) in [6, 6.07) is 18.1. The molecule has 0 spiro atoms. The second-order valence-electron chi connectivity index (χ2n) is 5.54. The first-order valence-electron chi connectivity index (χ1n) is 7.39. The molecular formula is C18H24N2O. The zero-order valence-corrected chi connectivity index (χ0v) is 12.5. The molecule has 0 aliphatic heterocycles. The fourth-order valence-electron chi connectivity index (χ4n) is 2.36. The van der Waals surface area contributed by atoms with Gasteiger partial charge in [-0.15, -0.1) is 0 Å². The molecule has 3 heteroatoms. The number of nitrogens with two attached hydrogens (primary N) is 1. The summed E-state index contributed by atoms with van der Waals surface area (Å²) in [5.74, 6) is 0. The molecule has 2 aromatic rings. The SMILES string of the molecule is Cc1cccc(CNC[C@@H](O)[C@@H](N)Cc2ccccc2)c1. The van der Waals surface area contributed by atoms with Crippen LogP contribution in [0.3, 0.4) is 0 Å². The van der Waals surface area contributed by atoms with Crippen LogP contribution in [-0.4, -0.2) is 23.8 Å². The Balaban J connectivity index is 1.75. The molecule has 0 heterocycles. The van der Waals surface area contributed by atoms with Gasteiger partial charge in [0.1, 0.15) is 0 Å². The maximum Gasteiger partial charge on any atom is 0.0818 e. The Morgan fingerprint density at radius 3 is 2.48 bits per heavy atom. The lowest BCUT2D eigenvalue weighted by Gasteiger charge is -2.19. The molecule has 0 unspecified atom stereocenters. The first kappa shape index (κ1) is 15.7. The highest BCUT2D eigenvalue weighted by atomic mass is 16.3. The second kappa shape index (κ2) is 7.93. The van der Waals surface area contributed by atoms with Crippen molar-refractivity contribution in [2.24, 2.45) is 5.73 Å². The topological polar surface area (TPSA) is 58.3 Å². The molecular weight excluding hydrogens is 260 g/mol. The van der Waals surface area contributed by atoms with Crippen molar-refractivity contribution in [1.82, 2.24) is 5.32 Å². The van der Waals surface area contributed by atoms with Crippen LogP contribution in [0.25, 0.3) is 0 Å². The molecule has 112 valence electrons. The van der Waals surface area contributed by atoms with Gasteiger partial charge in [-0.1, -0.05) is 60.2 Å². The van der Waals surface area contributed by atoms with Crippen molar-refractivity contribution in [1.29, 1.82) is 0 Å². The van der Waals surface area contributed by atoms with Gasteiger partial charge in [0.15, 0.2) is 0 Å². The summed E-state index contributed by atoms with van der Waals surface area (Å²) in [5, 5.41) is 13.4. The first-order valence-corrected chi connectivity index (χ1v) is 7.39. The quantitative estimate of drug-likeness (QED) is 0.729. The molecule has 0 aliphatic carbocycles. The van der Waals surface area contributed by atoms with Crippen molar-refractivity contribution in [2.75, 3.05) is 6.54 Å². The van der Waals surface area contributed by atoms with Crippen LogP contribution in [0.2, 0.25) is 0 Å². The third kappa shape index (κ3) is 5.31. The van der Waals surface area contributed by atoms with Gasteiger partial charge in [-0.05, 0) is 24.5 Å². The largest absolute Gasteiger partial charge is 0.390 e. The number of aliphatic hydroxyl groups excluding tert-OH is 1. The number of aliphatic hydroxyl groups is 1. The average molecular weight is 284 g/mol. The van der Waals surface area contributed by atoms with E-state index in [9.17, 15) is 5.11 Å². The highest BCUT2D eigenvalue weighted by molar-refractivity contribution is 5.22. The molecule has 4 N–H and O–H groups in total. The summed E-state index contributed by atoms with van der Waals surface area (Å²) >= 11 is 0. The number of aryl methyl sites for hydroxylation is 1. The maximum absolute atomic E-state index is 10.1.